The quantitative estimate of drug-likeness (QED) is 0.580. The third kappa shape index (κ3) is 5.12. The van der Waals surface area contributed by atoms with Crippen molar-refractivity contribution < 1.29 is 13.0 Å². The second-order valence-electron chi connectivity index (χ2n) is 3.41. The number of imidazole rings is 1. The molecule has 2 rings (SSSR count). The summed E-state index contributed by atoms with van der Waals surface area (Å²) in [7, 11) is -3.67. The number of benzene rings is 1. The van der Waals surface area contributed by atoms with Crippen LogP contribution in [0, 0.1) is 4.77 Å². The molecule has 1 aromatic heterocycles. The van der Waals surface area contributed by atoms with E-state index in [1.807, 2.05) is 24.3 Å². The molecular weight excluding hydrogens is 260 g/mol. The average molecular weight is 274 g/mol. The van der Waals surface area contributed by atoms with E-state index in [1.54, 1.807) is 6.92 Å². The van der Waals surface area contributed by atoms with Crippen LogP contribution in [0.5, 0.6) is 0 Å². The summed E-state index contributed by atoms with van der Waals surface area (Å²) >= 11 is 4.90. The summed E-state index contributed by atoms with van der Waals surface area (Å²) in [5.41, 5.74) is 2.13. The standard InChI is InChI=1S/C7H6N2S.C3H8O3S/c10-7-8-5-3-1-2-4-6(5)9-7;1-2-3-7(4,5)6/h1-4H,(H2,8,9,10);2-3H2,1H3,(H,4,5,6). The number of para-hydroxylation sites is 2. The maximum absolute atomic E-state index is 9.79. The van der Waals surface area contributed by atoms with E-state index in [9.17, 15) is 8.42 Å². The minimum atomic E-state index is -3.67. The number of fused-ring (bicyclic) bond motifs is 1. The van der Waals surface area contributed by atoms with E-state index in [1.165, 1.54) is 0 Å². The molecular formula is C10H14N2O3S2. The Bertz CT molecular complexity index is 592. The first kappa shape index (κ1) is 13.9. The third-order valence-corrected chi connectivity index (χ3v) is 3.01. The van der Waals surface area contributed by atoms with Gasteiger partial charge in [-0.1, -0.05) is 19.1 Å². The topological polar surface area (TPSA) is 85.9 Å². The Morgan fingerprint density at radius 1 is 1.24 bits per heavy atom. The van der Waals surface area contributed by atoms with E-state index in [4.69, 9.17) is 16.8 Å². The molecule has 0 atom stereocenters. The first-order valence-corrected chi connectivity index (χ1v) is 7.06. The first-order chi connectivity index (χ1) is 7.92. The minimum Gasteiger partial charge on any atom is -0.331 e. The van der Waals surface area contributed by atoms with Crippen LogP contribution in [0.2, 0.25) is 0 Å². The van der Waals surface area contributed by atoms with Crippen molar-refractivity contribution in [3.63, 3.8) is 0 Å². The van der Waals surface area contributed by atoms with Gasteiger partial charge in [-0.15, -0.1) is 0 Å². The Labute approximate surface area is 105 Å². The molecule has 0 spiro atoms. The van der Waals surface area contributed by atoms with E-state index >= 15 is 0 Å². The van der Waals surface area contributed by atoms with Gasteiger partial charge in [-0.2, -0.15) is 8.42 Å². The monoisotopic (exact) mass is 274 g/mol. The zero-order valence-corrected chi connectivity index (χ0v) is 10.9. The molecule has 94 valence electrons. The van der Waals surface area contributed by atoms with Crippen LogP contribution in [-0.2, 0) is 10.1 Å². The van der Waals surface area contributed by atoms with E-state index in [-0.39, 0.29) is 5.75 Å². The fourth-order valence-corrected chi connectivity index (χ4v) is 1.97. The van der Waals surface area contributed by atoms with Gasteiger partial charge >= 0.3 is 0 Å². The first-order valence-electron chi connectivity index (χ1n) is 5.04. The molecule has 0 aliphatic rings. The molecule has 0 saturated carbocycles. The summed E-state index contributed by atoms with van der Waals surface area (Å²) in [4.78, 5) is 6.04. The van der Waals surface area contributed by atoms with Crippen molar-refractivity contribution >= 4 is 33.4 Å². The lowest BCUT2D eigenvalue weighted by Crippen LogP contribution is -2.01. The molecule has 5 nitrogen and oxygen atoms in total. The maximum atomic E-state index is 9.79. The normalized spacial score (nSPS) is 10.9. The molecule has 1 aromatic carbocycles. The van der Waals surface area contributed by atoms with Gasteiger partial charge in [0.2, 0.25) is 0 Å². The van der Waals surface area contributed by atoms with Crippen LogP contribution in [0.1, 0.15) is 13.3 Å². The van der Waals surface area contributed by atoms with Crippen molar-refractivity contribution in [2.24, 2.45) is 0 Å². The molecule has 2 aromatic rings. The summed E-state index contributed by atoms with van der Waals surface area (Å²) in [5.74, 6) is -0.132. The van der Waals surface area contributed by atoms with Crippen molar-refractivity contribution in [1.29, 1.82) is 0 Å². The van der Waals surface area contributed by atoms with E-state index in [2.05, 4.69) is 9.97 Å². The predicted octanol–water partition coefficient (Wildman–Crippen LogP) is 2.51. The summed E-state index contributed by atoms with van der Waals surface area (Å²) in [5, 5.41) is 0. The molecule has 0 amide bonds. The Morgan fingerprint density at radius 2 is 1.71 bits per heavy atom. The van der Waals surface area contributed by atoms with Gasteiger partial charge in [0.25, 0.3) is 10.1 Å². The van der Waals surface area contributed by atoms with Gasteiger partial charge in [-0.3, -0.25) is 4.55 Å². The highest BCUT2D eigenvalue weighted by Gasteiger charge is 1.98. The predicted molar refractivity (Wildman–Crippen MR) is 70.2 cm³/mol. The molecule has 3 N–H and O–H groups in total. The van der Waals surface area contributed by atoms with Gasteiger partial charge in [0, 0.05) is 0 Å². The SMILES string of the molecule is CCCS(=O)(=O)O.S=c1[nH]c2ccccc2[nH]1. The molecule has 0 unspecified atom stereocenters. The lowest BCUT2D eigenvalue weighted by Gasteiger charge is -1.85. The second kappa shape index (κ2) is 5.95. The molecule has 0 bridgehead atoms. The number of aromatic nitrogens is 2. The van der Waals surface area contributed by atoms with Crippen LogP contribution in [0.4, 0.5) is 0 Å². The highest BCUT2D eigenvalue weighted by molar-refractivity contribution is 7.85. The van der Waals surface area contributed by atoms with Gasteiger partial charge in [-0.25, -0.2) is 0 Å². The number of hydrogen-bond donors (Lipinski definition) is 3. The van der Waals surface area contributed by atoms with Crippen LogP contribution in [-0.4, -0.2) is 28.7 Å². The number of nitrogens with one attached hydrogen (secondary N) is 2. The smallest absolute Gasteiger partial charge is 0.264 e. The fourth-order valence-electron chi connectivity index (χ4n) is 1.23. The summed E-state index contributed by atoms with van der Waals surface area (Å²) in [6, 6.07) is 7.92. The zero-order valence-electron chi connectivity index (χ0n) is 9.30. The Hall–Kier alpha value is -1.18. The van der Waals surface area contributed by atoms with E-state index in [0.717, 1.165) is 11.0 Å². The molecule has 0 saturated heterocycles. The van der Waals surface area contributed by atoms with Crippen molar-refractivity contribution in [3.8, 4) is 0 Å². The molecule has 17 heavy (non-hydrogen) atoms. The Morgan fingerprint density at radius 3 is 2.00 bits per heavy atom. The highest BCUT2D eigenvalue weighted by atomic mass is 32.2. The van der Waals surface area contributed by atoms with Crippen molar-refractivity contribution in [3.05, 3.63) is 29.0 Å². The van der Waals surface area contributed by atoms with Crippen LogP contribution in [0.25, 0.3) is 11.0 Å². The van der Waals surface area contributed by atoms with Crippen LogP contribution >= 0.6 is 12.2 Å². The Balaban J connectivity index is 0.000000185. The lowest BCUT2D eigenvalue weighted by atomic mass is 10.3. The lowest BCUT2D eigenvalue weighted by molar-refractivity contribution is 0.482. The maximum Gasteiger partial charge on any atom is 0.264 e. The largest absolute Gasteiger partial charge is 0.331 e. The van der Waals surface area contributed by atoms with Crippen molar-refractivity contribution in [2.45, 2.75) is 13.3 Å². The Kier molecular flexibility index (Phi) is 4.86. The van der Waals surface area contributed by atoms with Crippen LogP contribution in [0.15, 0.2) is 24.3 Å². The average Bonchev–Trinajstić information content (AvgIpc) is 2.56. The summed E-state index contributed by atoms with van der Waals surface area (Å²) < 4.78 is 28.2. The molecule has 0 aliphatic heterocycles. The fraction of sp³-hybridized carbons (Fsp3) is 0.300. The van der Waals surface area contributed by atoms with Gasteiger partial charge in [0.05, 0.1) is 16.8 Å². The second-order valence-corrected chi connectivity index (χ2v) is 5.39. The molecule has 0 radical (unpaired) electrons. The van der Waals surface area contributed by atoms with Crippen LogP contribution in [0.3, 0.4) is 0 Å². The molecule has 0 fully saturated rings. The molecule has 0 aliphatic carbocycles. The van der Waals surface area contributed by atoms with Gasteiger partial charge in [0.15, 0.2) is 4.77 Å². The molecule has 7 heteroatoms. The van der Waals surface area contributed by atoms with Gasteiger partial charge in [-0.05, 0) is 30.8 Å². The van der Waals surface area contributed by atoms with E-state index < -0.39 is 10.1 Å². The van der Waals surface area contributed by atoms with Crippen LogP contribution < -0.4 is 0 Å². The van der Waals surface area contributed by atoms with Crippen molar-refractivity contribution in [2.75, 3.05) is 5.75 Å². The van der Waals surface area contributed by atoms with E-state index in [0.29, 0.717) is 11.2 Å². The summed E-state index contributed by atoms with van der Waals surface area (Å²) in [6.45, 7) is 1.69. The third-order valence-electron chi connectivity index (χ3n) is 1.89. The molecule has 1 heterocycles. The minimum absolute atomic E-state index is 0.132. The van der Waals surface area contributed by atoms with Gasteiger partial charge in [0.1, 0.15) is 0 Å². The number of aromatic amines is 2. The summed E-state index contributed by atoms with van der Waals surface area (Å²) in [6.07, 6.45) is 0.471. The van der Waals surface area contributed by atoms with Crippen molar-refractivity contribution in [1.82, 2.24) is 9.97 Å². The number of hydrogen-bond acceptors (Lipinski definition) is 3. The number of rotatable bonds is 2. The van der Waals surface area contributed by atoms with Gasteiger partial charge < -0.3 is 9.97 Å². The zero-order chi connectivity index (χ0) is 12.9. The number of H-pyrrole nitrogens is 2. The highest BCUT2D eigenvalue weighted by Crippen LogP contribution is 2.06.